The van der Waals surface area contributed by atoms with E-state index in [1.165, 1.54) is 0 Å². The molecule has 86 valence electrons. The molecule has 0 bridgehead atoms. The molecule has 1 aliphatic heterocycles. The second-order valence-electron chi connectivity index (χ2n) is 3.85. The van der Waals surface area contributed by atoms with E-state index in [-0.39, 0.29) is 6.04 Å². The monoisotopic (exact) mass is 228 g/mol. The summed E-state index contributed by atoms with van der Waals surface area (Å²) in [5.74, 6) is 1.50. The van der Waals surface area contributed by atoms with Gasteiger partial charge in [0.05, 0.1) is 5.56 Å². The number of benzene rings is 1. The number of anilines is 2. The lowest BCUT2D eigenvalue weighted by Gasteiger charge is -2.20. The Bertz CT molecular complexity index is 571. The van der Waals surface area contributed by atoms with E-state index in [0.717, 1.165) is 11.1 Å². The number of nitrogen functional groups attached to an aromatic ring is 1. The molecule has 2 heterocycles. The van der Waals surface area contributed by atoms with Crippen molar-refractivity contribution in [3.63, 3.8) is 0 Å². The van der Waals surface area contributed by atoms with Gasteiger partial charge in [0.15, 0.2) is 11.8 Å². The van der Waals surface area contributed by atoms with E-state index in [1.807, 2.05) is 30.3 Å². The van der Waals surface area contributed by atoms with Crippen LogP contribution < -0.4 is 16.8 Å². The van der Waals surface area contributed by atoms with Gasteiger partial charge in [-0.1, -0.05) is 30.3 Å². The highest BCUT2D eigenvalue weighted by Crippen LogP contribution is 2.36. The van der Waals surface area contributed by atoms with Crippen molar-refractivity contribution in [2.24, 2.45) is 10.7 Å². The number of H-pyrrole nitrogens is 1. The van der Waals surface area contributed by atoms with Crippen molar-refractivity contribution in [2.45, 2.75) is 6.04 Å². The summed E-state index contributed by atoms with van der Waals surface area (Å²) in [5.41, 5.74) is 13.5. The Kier molecular flexibility index (Phi) is 2.01. The van der Waals surface area contributed by atoms with Gasteiger partial charge >= 0.3 is 0 Å². The Morgan fingerprint density at radius 3 is 2.65 bits per heavy atom. The van der Waals surface area contributed by atoms with E-state index < -0.39 is 0 Å². The van der Waals surface area contributed by atoms with Gasteiger partial charge in [-0.25, -0.2) is 4.99 Å². The third-order valence-electron chi connectivity index (χ3n) is 2.74. The molecule has 6 N–H and O–H groups in total. The molecule has 17 heavy (non-hydrogen) atoms. The summed E-state index contributed by atoms with van der Waals surface area (Å²) in [5, 5.41) is 9.68. The summed E-state index contributed by atoms with van der Waals surface area (Å²) < 4.78 is 0. The van der Waals surface area contributed by atoms with E-state index in [2.05, 4.69) is 20.5 Å². The van der Waals surface area contributed by atoms with Crippen LogP contribution in [0.25, 0.3) is 0 Å². The normalized spacial score (nSPS) is 18.1. The lowest BCUT2D eigenvalue weighted by atomic mass is 10.00. The summed E-state index contributed by atoms with van der Waals surface area (Å²) in [7, 11) is 0. The zero-order valence-corrected chi connectivity index (χ0v) is 9.01. The Balaban J connectivity index is 2.15. The van der Waals surface area contributed by atoms with E-state index in [1.54, 1.807) is 0 Å². The molecule has 0 aliphatic carbocycles. The molecule has 0 fully saturated rings. The van der Waals surface area contributed by atoms with Gasteiger partial charge in [-0.05, 0) is 5.56 Å². The van der Waals surface area contributed by atoms with Crippen molar-refractivity contribution in [3.05, 3.63) is 41.5 Å². The predicted molar refractivity (Wildman–Crippen MR) is 66.5 cm³/mol. The molecule has 0 saturated heterocycles. The van der Waals surface area contributed by atoms with Crippen molar-refractivity contribution < 1.29 is 0 Å². The quantitative estimate of drug-likeness (QED) is 0.580. The smallest absolute Gasteiger partial charge is 0.195 e. The number of nitrogens with one attached hydrogen (secondary N) is 2. The van der Waals surface area contributed by atoms with Crippen LogP contribution in [0.3, 0.4) is 0 Å². The third-order valence-corrected chi connectivity index (χ3v) is 2.74. The second kappa shape index (κ2) is 3.51. The topological polar surface area (TPSA) is 105 Å². The number of hydrogen-bond acceptors (Lipinski definition) is 5. The summed E-state index contributed by atoms with van der Waals surface area (Å²) in [6.45, 7) is 0. The third kappa shape index (κ3) is 1.50. The Hall–Kier alpha value is -2.50. The number of aromatic amines is 1. The fourth-order valence-electron chi connectivity index (χ4n) is 1.97. The van der Waals surface area contributed by atoms with E-state index in [0.29, 0.717) is 17.6 Å². The van der Waals surface area contributed by atoms with Crippen LogP contribution >= 0.6 is 0 Å². The lowest BCUT2D eigenvalue weighted by molar-refractivity contribution is 0.863. The van der Waals surface area contributed by atoms with Crippen LogP contribution in [-0.4, -0.2) is 16.2 Å². The SMILES string of the molecule is NC1=NC(c2ccccc2)c2c(n[nH]c2N)N1. The lowest BCUT2D eigenvalue weighted by Crippen LogP contribution is -2.28. The van der Waals surface area contributed by atoms with Crippen molar-refractivity contribution >= 4 is 17.6 Å². The first-order chi connectivity index (χ1) is 8.25. The van der Waals surface area contributed by atoms with Crippen LogP contribution in [0.5, 0.6) is 0 Å². The highest BCUT2D eigenvalue weighted by molar-refractivity contribution is 5.95. The molecule has 0 amide bonds. The molecule has 0 saturated carbocycles. The molecule has 0 radical (unpaired) electrons. The van der Waals surface area contributed by atoms with E-state index >= 15 is 0 Å². The number of aliphatic imine (C=N–C) groups is 1. The number of aromatic nitrogens is 2. The Morgan fingerprint density at radius 2 is 1.88 bits per heavy atom. The van der Waals surface area contributed by atoms with Gasteiger partial charge in [0.1, 0.15) is 11.9 Å². The van der Waals surface area contributed by atoms with Crippen molar-refractivity contribution in [3.8, 4) is 0 Å². The number of hydrogen-bond donors (Lipinski definition) is 4. The zero-order chi connectivity index (χ0) is 11.8. The van der Waals surface area contributed by atoms with E-state index in [9.17, 15) is 0 Å². The minimum atomic E-state index is -0.203. The highest BCUT2D eigenvalue weighted by Gasteiger charge is 2.26. The molecule has 6 nitrogen and oxygen atoms in total. The fraction of sp³-hybridized carbons (Fsp3) is 0.0909. The average Bonchev–Trinajstić information content (AvgIpc) is 2.71. The molecular weight excluding hydrogens is 216 g/mol. The largest absolute Gasteiger partial charge is 0.384 e. The molecule has 1 atom stereocenters. The number of fused-ring (bicyclic) bond motifs is 1. The van der Waals surface area contributed by atoms with Gasteiger partial charge < -0.3 is 16.8 Å². The highest BCUT2D eigenvalue weighted by atomic mass is 15.3. The summed E-state index contributed by atoms with van der Waals surface area (Å²) in [4.78, 5) is 4.37. The van der Waals surface area contributed by atoms with Gasteiger partial charge in [-0.3, -0.25) is 5.10 Å². The molecule has 1 aromatic carbocycles. The first-order valence-corrected chi connectivity index (χ1v) is 5.24. The van der Waals surface area contributed by atoms with Gasteiger partial charge in [0.25, 0.3) is 0 Å². The maximum absolute atomic E-state index is 5.87. The van der Waals surface area contributed by atoms with Gasteiger partial charge in [-0.15, -0.1) is 0 Å². The number of nitrogens with two attached hydrogens (primary N) is 2. The van der Waals surface area contributed by atoms with Crippen LogP contribution in [0.15, 0.2) is 35.3 Å². The number of guanidine groups is 1. The summed E-state index contributed by atoms with van der Waals surface area (Å²) in [6.07, 6.45) is 0. The Morgan fingerprint density at radius 1 is 1.12 bits per heavy atom. The van der Waals surface area contributed by atoms with Crippen LogP contribution in [0, 0.1) is 0 Å². The van der Waals surface area contributed by atoms with Gasteiger partial charge in [0.2, 0.25) is 0 Å². The standard InChI is InChI=1S/C11H12N6/c12-9-7-8(6-4-2-1-3-5-6)14-11(13)15-10(7)17-16-9/h1-5,8H,(H6,12,13,14,15,16,17). The minimum absolute atomic E-state index is 0.203. The van der Waals surface area contributed by atoms with Crippen LogP contribution in [0.1, 0.15) is 17.2 Å². The van der Waals surface area contributed by atoms with Crippen molar-refractivity contribution in [2.75, 3.05) is 11.1 Å². The summed E-state index contributed by atoms with van der Waals surface area (Å²) in [6, 6.07) is 9.65. The molecule has 1 unspecified atom stereocenters. The first-order valence-electron chi connectivity index (χ1n) is 5.24. The summed E-state index contributed by atoms with van der Waals surface area (Å²) >= 11 is 0. The maximum Gasteiger partial charge on any atom is 0.195 e. The van der Waals surface area contributed by atoms with Gasteiger partial charge in [-0.2, -0.15) is 5.10 Å². The predicted octanol–water partition coefficient (Wildman–Crippen LogP) is 0.821. The molecule has 6 heteroatoms. The molecule has 3 rings (SSSR count). The molecule has 1 aliphatic rings. The fourth-order valence-corrected chi connectivity index (χ4v) is 1.97. The molecule has 2 aromatic rings. The molecule has 0 spiro atoms. The van der Waals surface area contributed by atoms with Crippen molar-refractivity contribution in [1.29, 1.82) is 0 Å². The average molecular weight is 228 g/mol. The maximum atomic E-state index is 5.87. The molecule has 1 aromatic heterocycles. The number of nitrogens with zero attached hydrogens (tertiary/aromatic N) is 2. The molecular formula is C11H12N6. The van der Waals surface area contributed by atoms with Crippen LogP contribution in [-0.2, 0) is 0 Å². The number of rotatable bonds is 1. The van der Waals surface area contributed by atoms with Gasteiger partial charge in [0, 0.05) is 0 Å². The zero-order valence-electron chi connectivity index (χ0n) is 9.01. The van der Waals surface area contributed by atoms with Crippen LogP contribution in [0.2, 0.25) is 0 Å². The first kappa shape index (κ1) is 9.71. The van der Waals surface area contributed by atoms with Crippen LogP contribution in [0.4, 0.5) is 11.6 Å². The Labute approximate surface area is 97.7 Å². The van der Waals surface area contributed by atoms with E-state index in [4.69, 9.17) is 11.5 Å². The second-order valence-corrected chi connectivity index (χ2v) is 3.85. The van der Waals surface area contributed by atoms with Crippen molar-refractivity contribution in [1.82, 2.24) is 10.2 Å². The minimum Gasteiger partial charge on any atom is -0.384 e.